The molecule has 2 aliphatic rings. The first-order valence-corrected chi connectivity index (χ1v) is 12.8. The van der Waals surface area contributed by atoms with Crippen molar-refractivity contribution in [2.24, 2.45) is 10.2 Å². The highest BCUT2D eigenvalue weighted by molar-refractivity contribution is 5.94. The van der Waals surface area contributed by atoms with Gasteiger partial charge >= 0.3 is 6.09 Å². The Kier molecular flexibility index (Phi) is 6.61. The molecule has 40 heavy (non-hydrogen) atoms. The molecule has 11 heteroatoms. The molecule has 1 aromatic heterocycles. The van der Waals surface area contributed by atoms with Crippen molar-refractivity contribution in [3.63, 3.8) is 0 Å². The summed E-state index contributed by atoms with van der Waals surface area (Å²) in [4.78, 5) is 14.2. The van der Waals surface area contributed by atoms with E-state index in [0.717, 1.165) is 51.2 Å². The monoisotopic (exact) mass is 534 g/mol. The van der Waals surface area contributed by atoms with E-state index in [1.807, 2.05) is 49.5 Å². The summed E-state index contributed by atoms with van der Waals surface area (Å²) in [5, 5.41) is 38.3. The largest absolute Gasteiger partial charge is 0.508 e. The van der Waals surface area contributed by atoms with Crippen molar-refractivity contribution in [1.29, 1.82) is 0 Å². The molecule has 0 fully saturated rings. The Hall–Kier alpha value is -5.19. The Morgan fingerprint density at radius 3 is 2.42 bits per heavy atom. The maximum Gasteiger partial charge on any atom is 0.415 e. The zero-order chi connectivity index (χ0) is 27.6. The number of ether oxygens (including phenoxy) is 1. The van der Waals surface area contributed by atoms with Gasteiger partial charge in [0.05, 0.1) is 18.8 Å². The summed E-state index contributed by atoms with van der Waals surface area (Å²) < 4.78 is 5.68. The summed E-state index contributed by atoms with van der Waals surface area (Å²) >= 11 is 0. The topological polar surface area (TPSA) is 138 Å². The van der Waals surface area contributed by atoms with Gasteiger partial charge in [0.25, 0.3) is 0 Å². The zero-order valence-electron chi connectivity index (χ0n) is 22.0. The van der Waals surface area contributed by atoms with Gasteiger partial charge in [-0.1, -0.05) is 6.07 Å². The van der Waals surface area contributed by atoms with Gasteiger partial charge in [-0.3, -0.25) is 0 Å². The van der Waals surface area contributed by atoms with Gasteiger partial charge in [-0.15, -0.1) is 20.4 Å². The van der Waals surface area contributed by atoms with Crippen molar-refractivity contribution in [3.8, 4) is 22.9 Å². The molecule has 4 aromatic rings. The van der Waals surface area contributed by atoms with Crippen LogP contribution in [0.2, 0.25) is 0 Å². The predicted octanol–water partition coefficient (Wildman–Crippen LogP) is 4.74. The van der Waals surface area contributed by atoms with Crippen LogP contribution in [0.3, 0.4) is 0 Å². The minimum Gasteiger partial charge on any atom is -0.508 e. The maximum atomic E-state index is 12.9. The van der Waals surface area contributed by atoms with Crippen LogP contribution in [0, 0.1) is 0 Å². The van der Waals surface area contributed by atoms with Gasteiger partial charge in [-0.05, 0) is 84.1 Å². The fraction of sp³-hybridized carbons (Fsp3) is 0.207. The fourth-order valence-corrected chi connectivity index (χ4v) is 4.83. The van der Waals surface area contributed by atoms with E-state index in [4.69, 9.17) is 4.74 Å². The van der Waals surface area contributed by atoms with Crippen molar-refractivity contribution >= 4 is 23.1 Å². The number of aryl methyl sites for hydroxylation is 2. The average molecular weight is 535 g/mol. The van der Waals surface area contributed by atoms with E-state index in [0.29, 0.717) is 30.4 Å². The number of rotatable bonds is 5. The van der Waals surface area contributed by atoms with E-state index in [1.54, 1.807) is 25.2 Å². The molecule has 0 saturated heterocycles. The summed E-state index contributed by atoms with van der Waals surface area (Å²) in [7, 11) is 3.45. The van der Waals surface area contributed by atoms with Gasteiger partial charge in [0.2, 0.25) is 5.82 Å². The molecule has 0 atom stereocenters. The van der Waals surface area contributed by atoms with Crippen molar-refractivity contribution in [1.82, 2.24) is 25.3 Å². The van der Waals surface area contributed by atoms with Gasteiger partial charge in [-0.2, -0.15) is 10.2 Å². The second-order valence-electron chi connectivity index (χ2n) is 9.58. The number of aromatic nitrogens is 4. The van der Waals surface area contributed by atoms with Crippen molar-refractivity contribution in [3.05, 3.63) is 88.7 Å². The number of nitrogens with zero attached hydrogens (tertiary/aromatic N) is 7. The number of azo groups is 1. The highest BCUT2D eigenvalue weighted by Gasteiger charge is 2.24. The van der Waals surface area contributed by atoms with Gasteiger partial charge in [-0.25, -0.2) is 4.79 Å². The van der Waals surface area contributed by atoms with E-state index in [9.17, 15) is 9.90 Å². The first-order valence-electron chi connectivity index (χ1n) is 12.8. The Bertz CT molecular complexity index is 1650. The molecule has 2 N–H and O–H groups in total. The van der Waals surface area contributed by atoms with Crippen LogP contribution in [-0.2, 0) is 19.4 Å². The number of nitrogens with one attached hydrogen (secondary N) is 1. The molecule has 1 aliphatic heterocycles. The maximum absolute atomic E-state index is 12.9. The number of benzene rings is 3. The Balaban J connectivity index is 1.15. The van der Waals surface area contributed by atoms with Gasteiger partial charge in [0.15, 0.2) is 5.82 Å². The van der Waals surface area contributed by atoms with Crippen LogP contribution < -0.4 is 10.1 Å². The molecule has 0 unspecified atom stereocenters. The van der Waals surface area contributed by atoms with E-state index < -0.39 is 6.09 Å². The lowest BCUT2D eigenvalue weighted by Crippen LogP contribution is -2.30. The second-order valence-corrected chi connectivity index (χ2v) is 9.58. The molecule has 0 bridgehead atoms. The molecule has 3 aromatic carbocycles. The van der Waals surface area contributed by atoms with Gasteiger partial charge in [0, 0.05) is 36.5 Å². The minimum absolute atomic E-state index is 0.0830. The third-order valence-electron chi connectivity index (χ3n) is 6.94. The SMILES string of the molecule is CNc1ccc(-c2nnc(CN(C)C(=O)Oc3ccc4c(c3)CCc3cc(O)ccc3C3=C4N=NC3)nn2)cc1. The zero-order valence-corrected chi connectivity index (χ0v) is 22.0. The van der Waals surface area contributed by atoms with Crippen LogP contribution in [0.5, 0.6) is 11.5 Å². The molecule has 6 rings (SSSR count). The average Bonchev–Trinajstić information content (AvgIpc) is 3.45. The summed E-state index contributed by atoms with van der Waals surface area (Å²) in [6, 6.07) is 18.5. The molecule has 11 nitrogen and oxygen atoms in total. The number of phenols is 1. The number of amides is 1. The number of carbonyl (C=O) groups is 1. The summed E-state index contributed by atoms with van der Waals surface area (Å²) in [6.45, 7) is 0.573. The van der Waals surface area contributed by atoms with E-state index in [2.05, 4.69) is 35.9 Å². The second kappa shape index (κ2) is 10.5. The first kappa shape index (κ1) is 25.1. The van der Waals surface area contributed by atoms with Crippen LogP contribution in [0.15, 0.2) is 70.9 Å². The summed E-state index contributed by atoms with van der Waals surface area (Å²) in [6.07, 6.45) is 0.851. The van der Waals surface area contributed by atoms with Gasteiger partial charge in [0.1, 0.15) is 11.5 Å². The number of fused-ring (bicyclic) bond motifs is 4. The Morgan fingerprint density at radius 2 is 1.68 bits per heavy atom. The number of hydrogen-bond donors (Lipinski definition) is 2. The van der Waals surface area contributed by atoms with E-state index in [1.165, 1.54) is 4.90 Å². The standard InChI is InChI=1S/C29H26N8O3/c1-30-20-7-5-17(6-8-20)28-35-32-26(33-36-28)16-37(2)29(39)40-22-10-12-24-19(14-22)4-3-18-13-21(38)9-11-23(18)25-15-31-34-27(24)25/h5-14,30,38H,3-4,15-16H2,1-2H3. The minimum atomic E-state index is -0.558. The summed E-state index contributed by atoms with van der Waals surface area (Å²) in [5.74, 6) is 1.34. The highest BCUT2D eigenvalue weighted by Crippen LogP contribution is 2.39. The molecule has 0 spiro atoms. The van der Waals surface area contributed by atoms with Crippen LogP contribution in [0.1, 0.15) is 28.1 Å². The van der Waals surface area contributed by atoms with Gasteiger partial charge < -0.3 is 20.1 Å². The molecular weight excluding hydrogens is 508 g/mol. The number of anilines is 1. The van der Waals surface area contributed by atoms with Crippen LogP contribution in [-0.4, -0.2) is 57.1 Å². The summed E-state index contributed by atoms with van der Waals surface area (Å²) in [5.41, 5.74) is 7.67. The third-order valence-corrected chi connectivity index (χ3v) is 6.94. The van der Waals surface area contributed by atoms with Crippen molar-refractivity contribution in [2.75, 3.05) is 26.0 Å². The lowest BCUT2D eigenvalue weighted by atomic mass is 9.87. The van der Waals surface area contributed by atoms with E-state index in [-0.39, 0.29) is 12.3 Å². The van der Waals surface area contributed by atoms with Crippen LogP contribution in [0.25, 0.3) is 22.7 Å². The molecule has 0 saturated carbocycles. The molecule has 0 radical (unpaired) electrons. The molecule has 200 valence electrons. The number of carbonyl (C=O) groups excluding carboxylic acids is 1. The molecule has 2 heterocycles. The normalized spacial score (nSPS) is 13.6. The van der Waals surface area contributed by atoms with Crippen molar-refractivity contribution < 1.29 is 14.6 Å². The highest BCUT2D eigenvalue weighted by atomic mass is 16.6. The lowest BCUT2D eigenvalue weighted by molar-refractivity contribution is 0.159. The Morgan fingerprint density at radius 1 is 0.950 bits per heavy atom. The molecule has 1 aliphatic carbocycles. The third kappa shape index (κ3) is 4.96. The quantitative estimate of drug-likeness (QED) is 0.374. The predicted molar refractivity (Wildman–Crippen MR) is 149 cm³/mol. The number of aromatic hydroxyl groups is 1. The molecular formula is C29H26N8O3. The number of phenolic OH excluding ortho intramolecular Hbond substituents is 1. The Labute approximate surface area is 230 Å². The first-order chi connectivity index (χ1) is 19.5. The van der Waals surface area contributed by atoms with Crippen LogP contribution >= 0.6 is 0 Å². The van der Waals surface area contributed by atoms with Crippen molar-refractivity contribution in [2.45, 2.75) is 19.4 Å². The number of hydrogen-bond acceptors (Lipinski definition) is 10. The smallest absolute Gasteiger partial charge is 0.415 e. The fourth-order valence-electron chi connectivity index (χ4n) is 4.83. The van der Waals surface area contributed by atoms with Crippen LogP contribution in [0.4, 0.5) is 10.5 Å². The lowest BCUT2D eigenvalue weighted by Gasteiger charge is -2.19. The van der Waals surface area contributed by atoms with E-state index >= 15 is 0 Å². The molecule has 1 amide bonds.